The smallest absolute Gasteiger partial charge is 0.279 e. The largest absolute Gasteiger partial charge is 0.296 e. The second-order valence-electron chi connectivity index (χ2n) is 6.42. The summed E-state index contributed by atoms with van der Waals surface area (Å²) >= 11 is 5.60. The van der Waals surface area contributed by atoms with E-state index in [2.05, 4.69) is 23.8 Å². The first-order chi connectivity index (χ1) is 11.9. The number of amides is 1. The van der Waals surface area contributed by atoms with Crippen molar-refractivity contribution in [2.24, 2.45) is 0 Å². The molecule has 0 spiro atoms. The summed E-state index contributed by atoms with van der Waals surface area (Å²) in [5.74, 6) is -0.149. The molecule has 3 heterocycles. The van der Waals surface area contributed by atoms with Gasteiger partial charge in [0.05, 0.1) is 22.3 Å². The van der Waals surface area contributed by atoms with Crippen molar-refractivity contribution in [2.45, 2.75) is 26.3 Å². The van der Waals surface area contributed by atoms with Crippen molar-refractivity contribution >= 4 is 44.5 Å². The van der Waals surface area contributed by atoms with Crippen molar-refractivity contribution in [3.8, 4) is 11.1 Å². The third kappa shape index (κ3) is 2.38. The minimum absolute atomic E-state index is 0.149. The minimum Gasteiger partial charge on any atom is -0.296 e. The summed E-state index contributed by atoms with van der Waals surface area (Å²) in [6.07, 6.45) is 4.63. The van der Waals surface area contributed by atoms with E-state index in [1.165, 1.54) is 6.20 Å². The lowest BCUT2D eigenvalue weighted by molar-refractivity contribution is 0.0956. The monoisotopic (exact) mass is 385 g/mol. The fraction of sp³-hybridized carbons (Fsp3) is 0.222. The highest BCUT2D eigenvalue weighted by molar-refractivity contribution is 7.80. The van der Waals surface area contributed by atoms with Gasteiger partial charge in [0.15, 0.2) is 0 Å². The molecule has 0 atom stereocenters. The topological polar surface area (TPSA) is 46.1 Å². The molecule has 1 aliphatic heterocycles. The number of carbonyl (C=O) groups excluding carboxylic acids is 1. The van der Waals surface area contributed by atoms with Crippen molar-refractivity contribution in [1.82, 2.24) is 9.97 Å². The standard InChI is InChI=1S/C18H15N3OS3/c1-10-5-4-6-11-13-15(24-25-17(13)23)18(2,3)21(14(10)11)16(22)12-9-19-7-8-20-12/h4-9H,1-3H3. The molecule has 1 amide bonds. The van der Waals surface area contributed by atoms with Crippen LogP contribution in [0.5, 0.6) is 0 Å². The molecule has 0 radical (unpaired) electrons. The van der Waals surface area contributed by atoms with Gasteiger partial charge in [-0.05, 0) is 26.3 Å². The number of aromatic nitrogens is 2. The van der Waals surface area contributed by atoms with Crippen molar-refractivity contribution in [3.05, 3.63) is 56.7 Å². The summed E-state index contributed by atoms with van der Waals surface area (Å²) in [5.41, 5.74) is 3.89. The molecule has 1 aromatic carbocycles. The molecule has 126 valence electrons. The van der Waals surface area contributed by atoms with E-state index >= 15 is 0 Å². The first kappa shape index (κ1) is 16.5. The molecule has 2 aromatic heterocycles. The van der Waals surface area contributed by atoms with Crippen LogP contribution in [0.25, 0.3) is 11.1 Å². The molecule has 7 heteroatoms. The van der Waals surface area contributed by atoms with Gasteiger partial charge in [-0.25, -0.2) is 4.98 Å². The van der Waals surface area contributed by atoms with E-state index in [-0.39, 0.29) is 5.91 Å². The highest BCUT2D eigenvalue weighted by atomic mass is 32.9. The van der Waals surface area contributed by atoms with Gasteiger partial charge in [0, 0.05) is 23.5 Å². The average molecular weight is 386 g/mol. The molecule has 0 aliphatic carbocycles. The normalized spacial score (nSPS) is 14.8. The lowest BCUT2D eigenvalue weighted by atomic mass is 9.86. The molecule has 0 fully saturated rings. The number of hydrogen-bond acceptors (Lipinski definition) is 6. The van der Waals surface area contributed by atoms with E-state index in [0.717, 1.165) is 31.1 Å². The molecular formula is C18H15N3OS3. The van der Waals surface area contributed by atoms with E-state index in [0.29, 0.717) is 5.69 Å². The number of rotatable bonds is 1. The van der Waals surface area contributed by atoms with Crippen molar-refractivity contribution < 1.29 is 4.79 Å². The number of anilines is 1. The molecule has 0 N–H and O–H groups in total. The van der Waals surface area contributed by atoms with Crippen LogP contribution in [-0.4, -0.2) is 15.9 Å². The Kier molecular flexibility index (Phi) is 3.82. The Morgan fingerprint density at radius 1 is 1.24 bits per heavy atom. The van der Waals surface area contributed by atoms with Gasteiger partial charge in [0.1, 0.15) is 9.52 Å². The van der Waals surface area contributed by atoms with Gasteiger partial charge in [-0.15, -0.1) is 0 Å². The van der Waals surface area contributed by atoms with E-state index in [4.69, 9.17) is 12.2 Å². The fourth-order valence-corrected chi connectivity index (χ4v) is 6.59. The summed E-state index contributed by atoms with van der Waals surface area (Å²) in [6.45, 7) is 6.15. The van der Waals surface area contributed by atoms with E-state index in [9.17, 15) is 4.79 Å². The van der Waals surface area contributed by atoms with Crippen molar-refractivity contribution in [1.29, 1.82) is 0 Å². The van der Waals surface area contributed by atoms with Crippen LogP contribution in [0.4, 0.5) is 5.69 Å². The van der Waals surface area contributed by atoms with Crippen molar-refractivity contribution in [3.63, 3.8) is 0 Å². The van der Waals surface area contributed by atoms with Crippen LogP contribution >= 0.6 is 32.9 Å². The van der Waals surface area contributed by atoms with Crippen LogP contribution in [0.1, 0.15) is 34.8 Å². The Labute approximate surface area is 158 Å². The van der Waals surface area contributed by atoms with Crippen LogP contribution in [0.2, 0.25) is 0 Å². The zero-order chi connectivity index (χ0) is 17.8. The van der Waals surface area contributed by atoms with Gasteiger partial charge in [0.25, 0.3) is 5.91 Å². The van der Waals surface area contributed by atoms with Gasteiger partial charge < -0.3 is 0 Å². The Morgan fingerprint density at radius 3 is 2.76 bits per heavy atom. The molecule has 25 heavy (non-hydrogen) atoms. The Hall–Kier alpha value is -1.96. The van der Waals surface area contributed by atoms with Gasteiger partial charge in [-0.2, -0.15) is 0 Å². The number of para-hydroxylation sites is 1. The Balaban J connectivity index is 2.03. The molecule has 1 aliphatic rings. The second kappa shape index (κ2) is 5.79. The molecule has 0 saturated carbocycles. The van der Waals surface area contributed by atoms with Crippen LogP contribution in [0, 0.1) is 10.7 Å². The van der Waals surface area contributed by atoms with Crippen LogP contribution in [0.15, 0.2) is 36.8 Å². The number of fused-ring (bicyclic) bond motifs is 3. The van der Waals surface area contributed by atoms with Crippen LogP contribution in [-0.2, 0) is 5.54 Å². The maximum Gasteiger partial charge on any atom is 0.279 e. The molecule has 0 bridgehead atoms. The van der Waals surface area contributed by atoms with Crippen molar-refractivity contribution in [2.75, 3.05) is 4.90 Å². The molecule has 3 aromatic rings. The average Bonchev–Trinajstić information content (AvgIpc) is 2.99. The molecule has 0 unspecified atom stereocenters. The zero-order valence-electron chi connectivity index (χ0n) is 13.9. The molecule has 4 nitrogen and oxygen atoms in total. The van der Waals surface area contributed by atoms with Gasteiger partial charge >= 0.3 is 0 Å². The number of hydrogen-bond donors (Lipinski definition) is 0. The number of carbonyl (C=O) groups is 1. The third-order valence-electron chi connectivity index (χ3n) is 4.46. The molecule has 0 saturated heterocycles. The summed E-state index contributed by atoms with van der Waals surface area (Å²) in [4.78, 5) is 24.6. The fourth-order valence-electron chi connectivity index (χ4n) is 3.31. The van der Waals surface area contributed by atoms with Gasteiger partial charge in [-0.1, -0.05) is 51.1 Å². The van der Waals surface area contributed by atoms with E-state index < -0.39 is 5.54 Å². The Morgan fingerprint density at radius 2 is 2.04 bits per heavy atom. The predicted molar refractivity (Wildman–Crippen MR) is 105 cm³/mol. The summed E-state index contributed by atoms with van der Waals surface area (Å²) < 4.78 is 0.881. The minimum atomic E-state index is -0.513. The summed E-state index contributed by atoms with van der Waals surface area (Å²) in [5, 5.41) is 0. The zero-order valence-corrected chi connectivity index (χ0v) is 16.4. The molecule has 4 rings (SSSR count). The lowest BCUT2D eigenvalue weighted by Crippen LogP contribution is -2.48. The quantitative estimate of drug-likeness (QED) is 0.427. The summed E-state index contributed by atoms with van der Waals surface area (Å²) in [7, 11) is 3.24. The first-order valence-electron chi connectivity index (χ1n) is 7.77. The lowest BCUT2D eigenvalue weighted by Gasteiger charge is -2.43. The maximum atomic E-state index is 13.4. The number of aryl methyl sites for hydroxylation is 1. The third-order valence-corrected chi connectivity index (χ3v) is 7.79. The highest BCUT2D eigenvalue weighted by Crippen LogP contribution is 2.53. The second-order valence-corrected chi connectivity index (χ2v) is 9.24. The highest BCUT2D eigenvalue weighted by Gasteiger charge is 2.44. The van der Waals surface area contributed by atoms with Crippen LogP contribution in [0.3, 0.4) is 0 Å². The number of nitrogens with zero attached hydrogens (tertiary/aromatic N) is 3. The van der Waals surface area contributed by atoms with E-state index in [1.807, 2.05) is 30.0 Å². The molecular weight excluding hydrogens is 370 g/mol. The van der Waals surface area contributed by atoms with Crippen LogP contribution < -0.4 is 4.90 Å². The van der Waals surface area contributed by atoms with E-state index in [1.54, 1.807) is 33.1 Å². The number of benzene rings is 1. The summed E-state index contributed by atoms with van der Waals surface area (Å²) in [6, 6.07) is 6.08. The predicted octanol–water partition coefficient (Wildman–Crippen LogP) is 5.20. The first-order valence-corrected chi connectivity index (χ1v) is 10.3. The van der Waals surface area contributed by atoms with Gasteiger partial charge in [0.2, 0.25) is 0 Å². The SMILES string of the molecule is Cc1cccc2c1N(C(=O)c1cnccn1)C(C)(C)c1ssc(=S)c1-2. The van der Waals surface area contributed by atoms with Gasteiger partial charge in [-0.3, -0.25) is 14.7 Å². The Bertz CT molecular complexity index is 1040. The maximum absolute atomic E-state index is 13.4.